The van der Waals surface area contributed by atoms with Gasteiger partial charge in [0.2, 0.25) is 0 Å². The molecule has 1 atom stereocenters. The Labute approximate surface area is 105 Å². The molecule has 0 aromatic carbocycles. The molecule has 2 aromatic rings. The lowest BCUT2D eigenvalue weighted by atomic mass is 10.1. The minimum absolute atomic E-state index is 0.0881. The number of nitrogen functional groups attached to an aromatic ring is 1. The van der Waals surface area contributed by atoms with Crippen LogP contribution < -0.4 is 11.1 Å². The number of hydrogen-bond acceptors (Lipinski definition) is 4. The van der Waals surface area contributed by atoms with Gasteiger partial charge in [-0.05, 0) is 36.8 Å². The summed E-state index contributed by atoms with van der Waals surface area (Å²) in [6.07, 6.45) is 4.91. The second kappa shape index (κ2) is 5.27. The van der Waals surface area contributed by atoms with Gasteiger partial charge >= 0.3 is 0 Å². The zero-order chi connectivity index (χ0) is 13.0. The number of amides is 1. The Kier molecular flexibility index (Phi) is 3.52. The molecule has 0 fully saturated rings. The first-order chi connectivity index (χ1) is 8.66. The molecule has 0 aliphatic carbocycles. The highest BCUT2D eigenvalue weighted by Gasteiger charge is 2.11. The molecule has 92 valence electrons. The van der Waals surface area contributed by atoms with Gasteiger partial charge in [0, 0.05) is 24.2 Å². The lowest BCUT2D eigenvalue weighted by Gasteiger charge is -2.14. The molecule has 0 aliphatic rings. The van der Waals surface area contributed by atoms with E-state index in [9.17, 15) is 4.79 Å². The lowest BCUT2D eigenvalue weighted by Crippen LogP contribution is -2.26. The van der Waals surface area contributed by atoms with Gasteiger partial charge in [-0.2, -0.15) is 0 Å². The zero-order valence-corrected chi connectivity index (χ0v) is 10.00. The number of carbonyl (C=O) groups excluding carboxylic acids is 1. The van der Waals surface area contributed by atoms with Crippen LogP contribution in [0.15, 0.2) is 42.9 Å². The molecule has 0 bridgehead atoms. The van der Waals surface area contributed by atoms with Gasteiger partial charge in [0.1, 0.15) is 5.82 Å². The summed E-state index contributed by atoms with van der Waals surface area (Å²) in [7, 11) is 0. The van der Waals surface area contributed by atoms with E-state index in [-0.39, 0.29) is 11.9 Å². The minimum Gasteiger partial charge on any atom is -0.384 e. The molecule has 5 nitrogen and oxygen atoms in total. The summed E-state index contributed by atoms with van der Waals surface area (Å²) in [6, 6.07) is 6.83. The Morgan fingerprint density at radius 1 is 1.28 bits per heavy atom. The maximum Gasteiger partial charge on any atom is 0.251 e. The first-order valence-electron chi connectivity index (χ1n) is 5.59. The van der Waals surface area contributed by atoms with Gasteiger partial charge in [0.05, 0.1) is 6.04 Å². The zero-order valence-electron chi connectivity index (χ0n) is 10.00. The molecule has 2 rings (SSSR count). The second-order valence-corrected chi connectivity index (χ2v) is 3.95. The standard InChI is InChI=1S/C13H14N4O/c1-9(10-2-5-15-6-3-10)17-13(18)11-4-7-16-12(14)8-11/h2-9H,1H3,(H2,14,16)(H,17,18). The van der Waals surface area contributed by atoms with Crippen LogP contribution in [-0.2, 0) is 0 Å². The monoisotopic (exact) mass is 242 g/mol. The molecule has 0 saturated carbocycles. The third-order valence-corrected chi connectivity index (χ3v) is 2.60. The van der Waals surface area contributed by atoms with Crippen molar-refractivity contribution < 1.29 is 4.79 Å². The highest BCUT2D eigenvalue weighted by molar-refractivity contribution is 5.94. The number of anilines is 1. The van der Waals surface area contributed by atoms with Crippen LogP contribution in [0.25, 0.3) is 0 Å². The third-order valence-electron chi connectivity index (χ3n) is 2.60. The Hall–Kier alpha value is -2.43. The molecule has 0 aliphatic heterocycles. The van der Waals surface area contributed by atoms with Crippen molar-refractivity contribution >= 4 is 11.7 Å². The Bertz CT molecular complexity index is 542. The summed E-state index contributed by atoms with van der Waals surface area (Å²) in [5.74, 6) is 0.160. The molecule has 1 unspecified atom stereocenters. The van der Waals surface area contributed by atoms with Crippen LogP contribution >= 0.6 is 0 Å². The molecule has 5 heteroatoms. The lowest BCUT2D eigenvalue weighted by molar-refractivity contribution is 0.0940. The van der Waals surface area contributed by atoms with Crippen molar-refractivity contribution in [1.29, 1.82) is 0 Å². The average Bonchev–Trinajstić information content (AvgIpc) is 2.39. The molecule has 0 radical (unpaired) electrons. The Morgan fingerprint density at radius 3 is 2.67 bits per heavy atom. The van der Waals surface area contributed by atoms with Crippen molar-refractivity contribution in [1.82, 2.24) is 15.3 Å². The molecule has 2 aromatic heterocycles. The summed E-state index contributed by atoms with van der Waals surface area (Å²) >= 11 is 0. The summed E-state index contributed by atoms with van der Waals surface area (Å²) < 4.78 is 0. The molecule has 0 saturated heterocycles. The van der Waals surface area contributed by atoms with Crippen LogP contribution in [0.4, 0.5) is 5.82 Å². The normalized spacial score (nSPS) is 11.8. The van der Waals surface area contributed by atoms with Crippen LogP contribution in [0.3, 0.4) is 0 Å². The van der Waals surface area contributed by atoms with Gasteiger partial charge in [-0.25, -0.2) is 4.98 Å². The van der Waals surface area contributed by atoms with E-state index in [1.54, 1.807) is 24.5 Å². The fourth-order valence-corrected chi connectivity index (χ4v) is 1.60. The third kappa shape index (κ3) is 2.82. The van der Waals surface area contributed by atoms with Gasteiger partial charge in [0.25, 0.3) is 5.91 Å². The predicted octanol–water partition coefficient (Wildman–Crippen LogP) is 1.55. The smallest absolute Gasteiger partial charge is 0.251 e. The van der Waals surface area contributed by atoms with Gasteiger partial charge in [-0.15, -0.1) is 0 Å². The molecule has 2 heterocycles. The van der Waals surface area contributed by atoms with Crippen LogP contribution in [0, 0.1) is 0 Å². The minimum atomic E-state index is -0.173. The van der Waals surface area contributed by atoms with E-state index >= 15 is 0 Å². The number of nitrogens with two attached hydrogens (primary N) is 1. The van der Waals surface area contributed by atoms with E-state index in [2.05, 4.69) is 15.3 Å². The fourth-order valence-electron chi connectivity index (χ4n) is 1.60. The van der Waals surface area contributed by atoms with E-state index in [0.717, 1.165) is 5.56 Å². The van der Waals surface area contributed by atoms with E-state index < -0.39 is 0 Å². The summed E-state index contributed by atoms with van der Waals surface area (Å²) in [4.78, 5) is 19.8. The Morgan fingerprint density at radius 2 is 2.00 bits per heavy atom. The van der Waals surface area contributed by atoms with Crippen LogP contribution in [-0.4, -0.2) is 15.9 Å². The fraction of sp³-hybridized carbons (Fsp3) is 0.154. The number of nitrogens with one attached hydrogen (secondary N) is 1. The number of rotatable bonds is 3. The van der Waals surface area contributed by atoms with E-state index in [1.807, 2.05) is 19.1 Å². The molecular weight excluding hydrogens is 228 g/mol. The van der Waals surface area contributed by atoms with E-state index in [1.165, 1.54) is 6.20 Å². The van der Waals surface area contributed by atoms with Gasteiger partial charge in [0.15, 0.2) is 0 Å². The first-order valence-corrected chi connectivity index (χ1v) is 5.59. The topological polar surface area (TPSA) is 80.9 Å². The van der Waals surface area contributed by atoms with Gasteiger partial charge in [-0.3, -0.25) is 9.78 Å². The first kappa shape index (κ1) is 12.0. The maximum atomic E-state index is 12.0. The summed E-state index contributed by atoms with van der Waals surface area (Å²) in [5, 5.41) is 2.89. The highest BCUT2D eigenvalue weighted by atomic mass is 16.1. The quantitative estimate of drug-likeness (QED) is 0.855. The Balaban J connectivity index is 2.08. The summed E-state index contributed by atoms with van der Waals surface area (Å²) in [5.41, 5.74) is 7.04. The average molecular weight is 242 g/mol. The van der Waals surface area contributed by atoms with Crippen molar-refractivity contribution in [3.8, 4) is 0 Å². The SMILES string of the molecule is CC(NC(=O)c1ccnc(N)c1)c1ccncc1. The molecule has 3 N–H and O–H groups in total. The van der Waals surface area contributed by atoms with Crippen molar-refractivity contribution in [3.63, 3.8) is 0 Å². The maximum absolute atomic E-state index is 12.0. The molecule has 18 heavy (non-hydrogen) atoms. The second-order valence-electron chi connectivity index (χ2n) is 3.95. The number of hydrogen-bond donors (Lipinski definition) is 2. The van der Waals surface area contributed by atoms with Gasteiger partial charge < -0.3 is 11.1 Å². The molecule has 1 amide bonds. The predicted molar refractivity (Wildman–Crippen MR) is 68.8 cm³/mol. The molecule has 0 spiro atoms. The molecular formula is C13H14N4O. The van der Waals surface area contributed by atoms with Crippen LogP contribution in [0.1, 0.15) is 28.9 Å². The number of carbonyl (C=O) groups is 1. The highest BCUT2D eigenvalue weighted by Crippen LogP contribution is 2.12. The van der Waals surface area contributed by atoms with E-state index in [4.69, 9.17) is 5.73 Å². The number of nitrogens with zero attached hydrogens (tertiary/aromatic N) is 2. The van der Waals surface area contributed by atoms with Gasteiger partial charge in [-0.1, -0.05) is 0 Å². The van der Waals surface area contributed by atoms with Crippen molar-refractivity contribution in [3.05, 3.63) is 54.0 Å². The number of pyridine rings is 2. The van der Waals surface area contributed by atoms with Crippen LogP contribution in [0.5, 0.6) is 0 Å². The van der Waals surface area contributed by atoms with Crippen molar-refractivity contribution in [2.45, 2.75) is 13.0 Å². The summed E-state index contributed by atoms with van der Waals surface area (Å²) in [6.45, 7) is 1.91. The largest absolute Gasteiger partial charge is 0.384 e. The van der Waals surface area contributed by atoms with E-state index in [0.29, 0.717) is 11.4 Å². The van der Waals surface area contributed by atoms with Crippen molar-refractivity contribution in [2.24, 2.45) is 0 Å². The number of aromatic nitrogens is 2. The van der Waals surface area contributed by atoms with Crippen molar-refractivity contribution in [2.75, 3.05) is 5.73 Å². The van der Waals surface area contributed by atoms with Crippen LogP contribution in [0.2, 0.25) is 0 Å².